The maximum Gasteiger partial charge on any atom is 0.123 e. The molecule has 2 saturated carbocycles. The number of rotatable bonds is 3. The van der Waals surface area contributed by atoms with Crippen LogP contribution in [0.15, 0.2) is 24.3 Å². The van der Waals surface area contributed by atoms with Crippen LogP contribution in [0.25, 0.3) is 0 Å². The van der Waals surface area contributed by atoms with Gasteiger partial charge in [-0.1, -0.05) is 18.6 Å². The zero-order valence-corrected chi connectivity index (χ0v) is 9.98. The van der Waals surface area contributed by atoms with Crippen molar-refractivity contribution in [1.29, 1.82) is 0 Å². The summed E-state index contributed by atoms with van der Waals surface area (Å²) < 4.78 is 12.8. The summed E-state index contributed by atoms with van der Waals surface area (Å²) in [6.45, 7) is 0. The van der Waals surface area contributed by atoms with Crippen LogP contribution in [0.2, 0.25) is 0 Å². The first-order valence-corrected chi connectivity index (χ1v) is 6.66. The number of hydrogen-bond acceptors (Lipinski definition) is 1. The highest BCUT2D eigenvalue weighted by Crippen LogP contribution is 2.50. The first-order chi connectivity index (χ1) is 8.22. The van der Waals surface area contributed by atoms with E-state index < -0.39 is 6.10 Å². The zero-order valence-electron chi connectivity index (χ0n) is 9.98. The summed E-state index contributed by atoms with van der Waals surface area (Å²) in [6, 6.07) is 6.26. The van der Waals surface area contributed by atoms with Gasteiger partial charge >= 0.3 is 0 Å². The molecule has 1 nitrogen and oxygen atoms in total. The molecule has 0 spiro atoms. The highest BCUT2D eigenvalue weighted by molar-refractivity contribution is 5.18. The maximum absolute atomic E-state index is 12.8. The zero-order chi connectivity index (χ0) is 11.8. The van der Waals surface area contributed by atoms with E-state index in [2.05, 4.69) is 0 Å². The van der Waals surface area contributed by atoms with Gasteiger partial charge in [-0.2, -0.15) is 0 Å². The van der Waals surface area contributed by atoms with E-state index in [1.807, 2.05) is 0 Å². The fourth-order valence-electron chi connectivity index (χ4n) is 3.77. The van der Waals surface area contributed by atoms with E-state index >= 15 is 0 Å². The van der Waals surface area contributed by atoms with Crippen LogP contribution in [0.5, 0.6) is 0 Å². The number of benzene rings is 1. The predicted octanol–water partition coefficient (Wildman–Crippen LogP) is 3.69. The van der Waals surface area contributed by atoms with Crippen molar-refractivity contribution in [3.05, 3.63) is 35.6 Å². The highest BCUT2D eigenvalue weighted by Gasteiger charge is 2.39. The summed E-state index contributed by atoms with van der Waals surface area (Å²) in [6.07, 6.45) is 5.86. The Morgan fingerprint density at radius 1 is 1.18 bits per heavy atom. The molecule has 1 N–H and O–H groups in total. The molecule has 4 unspecified atom stereocenters. The van der Waals surface area contributed by atoms with Crippen molar-refractivity contribution in [2.45, 2.75) is 38.2 Å². The standard InChI is InChI=1S/C15H19FO/c16-14-5-3-11(4-6-14)15(17)9-13-8-10-1-2-12(13)7-10/h3-6,10,12-13,15,17H,1-2,7-9H2. The lowest BCUT2D eigenvalue weighted by Gasteiger charge is -2.24. The number of halogens is 1. The van der Waals surface area contributed by atoms with Crippen LogP contribution < -0.4 is 0 Å². The topological polar surface area (TPSA) is 20.2 Å². The molecule has 2 heteroatoms. The van der Waals surface area contributed by atoms with Crippen molar-refractivity contribution in [3.63, 3.8) is 0 Å². The van der Waals surface area contributed by atoms with Crippen molar-refractivity contribution < 1.29 is 9.50 Å². The fraction of sp³-hybridized carbons (Fsp3) is 0.600. The number of fused-ring (bicyclic) bond motifs is 2. The second-order valence-electron chi connectivity index (χ2n) is 5.74. The van der Waals surface area contributed by atoms with Crippen LogP contribution in [-0.4, -0.2) is 5.11 Å². The molecule has 2 aliphatic rings. The van der Waals surface area contributed by atoms with Gasteiger partial charge < -0.3 is 5.11 Å². The number of aliphatic hydroxyl groups is 1. The van der Waals surface area contributed by atoms with E-state index in [-0.39, 0.29) is 5.82 Å². The average Bonchev–Trinajstić information content (AvgIpc) is 2.91. The lowest BCUT2D eigenvalue weighted by atomic mass is 9.83. The highest BCUT2D eigenvalue weighted by atomic mass is 19.1. The van der Waals surface area contributed by atoms with E-state index in [4.69, 9.17) is 0 Å². The predicted molar refractivity (Wildman–Crippen MR) is 64.9 cm³/mol. The molecule has 3 rings (SSSR count). The van der Waals surface area contributed by atoms with Crippen molar-refractivity contribution >= 4 is 0 Å². The molecule has 0 heterocycles. The molecule has 17 heavy (non-hydrogen) atoms. The molecule has 0 radical (unpaired) electrons. The smallest absolute Gasteiger partial charge is 0.123 e. The third kappa shape index (κ3) is 2.23. The number of aliphatic hydroxyl groups excluding tert-OH is 1. The molecule has 2 fully saturated rings. The molecular weight excluding hydrogens is 215 g/mol. The third-order valence-corrected chi connectivity index (χ3v) is 4.67. The molecule has 4 atom stereocenters. The lowest BCUT2D eigenvalue weighted by molar-refractivity contribution is 0.125. The minimum absolute atomic E-state index is 0.235. The third-order valence-electron chi connectivity index (χ3n) is 4.67. The molecule has 0 aliphatic heterocycles. The quantitative estimate of drug-likeness (QED) is 0.845. The van der Waals surface area contributed by atoms with Gasteiger partial charge in [-0.25, -0.2) is 4.39 Å². The van der Waals surface area contributed by atoms with Gasteiger partial charge in [0.2, 0.25) is 0 Å². The van der Waals surface area contributed by atoms with Gasteiger partial charge in [0.05, 0.1) is 6.10 Å². The molecule has 92 valence electrons. The molecule has 1 aromatic carbocycles. The lowest BCUT2D eigenvalue weighted by Crippen LogP contribution is -2.14. The second kappa shape index (κ2) is 4.41. The summed E-state index contributed by atoms with van der Waals surface area (Å²) in [7, 11) is 0. The Kier molecular flexibility index (Phi) is 2.91. The van der Waals surface area contributed by atoms with E-state index in [0.717, 1.165) is 23.8 Å². The van der Waals surface area contributed by atoms with Crippen LogP contribution in [0.4, 0.5) is 4.39 Å². The Morgan fingerprint density at radius 3 is 2.53 bits per heavy atom. The van der Waals surface area contributed by atoms with Crippen LogP contribution in [0.1, 0.15) is 43.8 Å². The van der Waals surface area contributed by atoms with Gasteiger partial charge in [-0.05, 0) is 61.1 Å². The Bertz CT molecular complexity index is 386. The van der Waals surface area contributed by atoms with Crippen LogP contribution >= 0.6 is 0 Å². The van der Waals surface area contributed by atoms with Crippen molar-refractivity contribution in [3.8, 4) is 0 Å². The van der Waals surface area contributed by atoms with Crippen LogP contribution in [-0.2, 0) is 0 Å². The van der Waals surface area contributed by atoms with Gasteiger partial charge in [0.15, 0.2) is 0 Å². The van der Waals surface area contributed by atoms with Crippen molar-refractivity contribution in [2.75, 3.05) is 0 Å². The molecule has 0 aromatic heterocycles. The monoisotopic (exact) mass is 234 g/mol. The summed E-state index contributed by atoms with van der Waals surface area (Å²) >= 11 is 0. The van der Waals surface area contributed by atoms with E-state index in [0.29, 0.717) is 5.92 Å². The Morgan fingerprint density at radius 2 is 1.94 bits per heavy atom. The van der Waals surface area contributed by atoms with Gasteiger partial charge in [0.1, 0.15) is 5.82 Å². The molecule has 1 aromatic rings. The van der Waals surface area contributed by atoms with E-state index in [1.165, 1.54) is 37.8 Å². The average molecular weight is 234 g/mol. The summed E-state index contributed by atoms with van der Waals surface area (Å²) in [5.74, 6) is 2.22. The van der Waals surface area contributed by atoms with Gasteiger partial charge in [0.25, 0.3) is 0 Å². The minimum Gasteiger partial charge on any atom is -0.388 e. The Labute approximate surface area is 102 Å². The van der Waals surface area contributed by atoms with E-state index in [1.54, 1.807) is 12.1 Å². The van der Waals surface area contributed by atoms with Crippen LogP contribution in [0.3, 0.4) is 0 Å². The SMILES string of the molecule is OC(CC1CC2CCC1C2)c1ccc(F)cc1. The summed E-state index contributed by atoms with van der Waals surface area (Å²) in [5.41, 5.74) is 0.856. The Hall–Kier alpha value is -0.890. The summed E-state index contributed by atoms with van der Waals surface area (Å²) in [4.78, 5) is 0. The summed E-state index contributed by atoms with van der Waals surface area (Å²) in [5, 5.41) is 10.2. The van der Waals surface area contributed by atoms with Crippen molar-refractivity contribution in [1.82, 2.24) is 0 Å². The minimum atomic E-state index is -0.417. The van der Waals surface area contributed by atoms with Crippen LogP contribution in [0, 0.1) is 23.6 Å². The number of hydrogen-bond donors (Lipinski definition) is 1. The normalized spacial score (nSPS) is 32.9. The maximum atomic E-state index is 12.8. The molecule has 0 amide bonds. The molecular formula is C15H19FO. The molecule has 2 bridgehead atoms. The largest absolute Gasteiger partial charge is 0.388 e. The van der Waals surface area contributed by atoms with Crippen molar-refractivity contribution in [2.24, 2.45) is 17.8 Å². The van der Waals surface area contributed by atoms with Gasteiger partial charge in [0, 0.05) is 0 Å². The van der Waals surface area contributed by atoms with Gasteiger partial charge in [-0.3, -0.25) is 0 Å². The fourth-order valence-corrected chi connectivity index (χ4v) is 3.77. The van der Waals surface area contributed by atoms with Gasteiger partial charge in [-0.15, -0.1) is 0 Å². The molecule has 0 saturated heterocycles. The first kappa shape index (κ1) is 11.2. The second-order valence-corrected chi connectivity index (χ2v) is 5.74. The van der Waals surface area contributed by atoms with E-state index in [9.17, 15) is 9.50 Å². The molecule has 2 aliphatic carbocycles. The Balaban J connectivity index is 1.63. The first-order valence-electron chi connectivity index (χ1n) is 6.66.